The number of aromatic hydroxyl groups is 1. The summed E-state index contributed by atoms with van der Waals surface area (Å²) in [4.78, 5) is 6.49. The standard InChI is InChI=1S/C23H22N2O2/c26-22-15-20(19-9-4-10-24-16-19)14-21-17-25(12-13-27-23(21)22)11-5-8-18-6-2-1-3-7-18/h1-10,14-16,26H,11-13,17H2. The molecule has 2 aromatic carbocycles. The lowest BCUT2D eigenvalue weighted by molar-refractivity contribution is 0.239. The predicted octanol–water partition coefficient (Wildman–Crippen LogP) is 4.36. The van der Waals surface area contributed by atoms with Crippen molar-refractivity contribution in [3.63, 3.8) is 0 Å². The number of phenols is 1. The Bertz CT molecular complexity index is 924. The third-order valence-corrected chi connectivity index (χ3v) is 4.66. The Balaban J connectivity index is 1.54. The van der Waals surface area contributed by atoms with Crippen molar-refractivity contribution < 1.29 is 9.84 Å². The first kappa shape index (κ1) is 17.3. The van der Waals surface area contributed by atoms with Gasteiger partial charge in [-0.1, -0.05) is 48.6 Å². The summed E-state index contributed by atoms with van der Waals surface area (Å²) < 4.78 is 5.83. The van der Waals surface area contributed by atoms with Gasteiger partial charge in [-0.2, -0.15) is 0 Å². The van der Waals surface area contributed by atoms with Gasteiger partial charge in [0.25, 0.3) is 0 Å². The maximum Gasteiger partial charge on any atom is 0.165 e. The zero-order valence-corrected chi connectivity index (χ0v) is 15.1. The van der Waals surface area contributed by atoms with Crippen molar-refractivity contribution >= 4 is 6.08 Å². The topological polar surface area (TPSA) is 45.6 Å². The van der Waals surface area contributed by atoms with E-state index in [4.69, 9.17) is 4.74 Å². The summed E-state index contributed by atoms with van der Waals surface area (Å²) in [6, 6.07) is 18.0. The van der Waals surface area contributed by atoms with Crippen LogP contribution in [0, 0.1) is 0 Å². The van der Waals surface area contributed by atoms with Crippen LogP contribution in [0.3, 0.4) is 0 Å². The Morgan fingerprint density at radius 1 is 1.07 bits per heavy atom. The first-order chi connectivity index (χ1) is 13.3. The molecule has 0 fully saturated rings. The Morgan fingerprint density at radius 2 is 1.96 bits per heavy atom. The van der Waals surface area contributed by atoms with Crippen molar-refractivity contribution in [2.45, 2.75) is 6.54 Å². The predicted molar refractivity (Wildman–Crippen MR) is 108 cm³/mol. The lowest BCUT2D eigenvalue weighted by atomic mass is 10.0. The number of ether oxygens (including phenoxy) is 1. The van der Waals surface area contributed by atoms with E-state index < -0.39 is 0 Å². The lowest BCUT2D eigenvalue weighted by Gasteiger charge is -2.17. The first-order valence-electron chi connectivity index (χ1n) is 9.12. The highest BCUT2D eigenvalue weighted by molar-refractivity contribution is 5.68. The normalized spacial score (nSPS) is 14.5. The largest absolute Gasteiger partial charge is 0.504 e. The van der Waals surface area contributed by atoms with Gasteiger partial charge in [0.15, 0.2) is 11.5 Å². The number of hydrogen-bond donors (Lipinski definition) is 1. The molecule has 0 radical (unpaired) electrons. The minimum atomic E-state index is 0.188. The van der Waals surface area contributed by atoms with Crippen LogP contribution in [0.15, 0.2) is 73.1 Å². The van der Waals surface area contributed by atoms with E-state index in [-0.39, 0.29) is 5.75 Å². The van der Waals surface area contributed by atoms with E-state index in [9.17, 15) is 5.11 Å². The number of pyridine rings is 1. The van der Waals surface area contributed by atoms with Gasteiger partial charge in [0.2, 0.25) is 0 Å². The number of fused-ring (bicyclic) bond motifs is 1. The van der Waals surface area contributed by atoms with Gasteiger partial charge in [0, 0.05) is 43.2 Å². The minimum absolute atomic E-state index is 0.188. The van der Waals surface area contributed by atoms with Crippen molar-refractivity contribution in [2.24, 2.45) is 0 Å². The molecule has 0 saturated heterocycles. The summed E-state index contributed by atoms with van der Waals surface area (Å²) in [6.07, 6.45) is 7.86. The van der Waals surface area contributed by atoms with Crippen LogP contribution in [0.25, 0.3) is 17.2 Å². The Hall–Kier alpha value is -3.11. The fourth-order valence-corrected chi connectivity index (χ4v) is 3.31. The summed E-state index contributed by atoms with van der Waals surface area (Å²) >= 11 is 0. The second-order valence-corrected chi connectivity index (χ2v) is 6.62. The Labute approximate surface area is 159 Å². The van der Waals surface area contributed by atoms with Crippen molar-refractivity contribution in [2.75, 3.05) is 19.7 Å². The van der Waals surface area contributed by atoms with Gasteiger partial charge >= 0.3 is 0 Å². The average molecular weight is 358 g/mol. The van der Waals surface area contributed by atoms with Gasteiger partial charge in [0.1, 0.15) is 6.61 Å². The summed E-state index contributed by atoms with van der Waals surface area (Å²) in [5.74, 6) is 0.783. The summed E-state index contributed by atoms with van der Waals surface area (Å²) in [5.41, 5.74) is 4.12. The van der Waals surface area contributed by atoms with Crippen molar-refractivity contribution in [1.29, 1.82) is 0 Å². The zero-order valence-electron chi connectivity index (χ0n) is 15.1. The molecular weight excluding hydrogens is 336 g/mol. The number of phenolic OH excluding ortho intramolecular Hbond substituents is 1. The van der Waals surface area contributed by atoms with Gasteiger partial charge in [0.05, 0.1) is 0 Å². The first-order valence-corrected chi connectivity index (χ1v) is 9.12. The van der Waals surface area contributed by atoms with Crippen molar-refractivity contribution in [3.8, 4) is 22.6 Å². The summed E-state index contributed by atoms with van der Waals surface area (Å²) in [5, 5.41) is 10.5. The molecule has 4 heteroatoms. The van der Waals surface area contributed by atoms with Gasteiger partial charge in [-0.25, -0.2) is 0 Å². The van der Waals surface area contributed by atoms with E-state index >= 15 is 0 Å². The molecule has 1 N–H and O–H groups in total. The van der Waals surface area contributed by atoms with E-state index in [0.717, 1.165) is 36.3 Å². The second-order valence-electron chi connectivity index (χ2n) is 6.62. The summed E-state index contributed by atoms with van der Waals surface area (Å²) in [6.45, 7) is 2.94. The molecule has 2 heterocycles. The molecule has 1 aromatic heterocycles. The van der Waals surface area contributed by atoms with Crippen LogP contribution in [0.4, 0.5) is 0 Å². The molecule has 0 saturated carbocycles. The second kappa shape index (κ2) is 8.06. The average Bonchev–Trinajstić information content (AvgIpc) is 2.92. The van der Waals surface area contributed by atoms with Crippen molar-refractivity contribution in [3.05, 3.63) is 84.2 Å². The molecule has 1 aliphatic heterocycles. The molecule has 0 spiro atoms. The molecule has 4 nitrogen and oxygen atoms in total. The highest BCUT2D eigenvalue weighted by Crippen LogP contribution is 2.37. The smallest absolute Gasteiger partial charge is 0.165 e. The van der Waals surface area contributed by atoms with Gasteiger partial charge in [-0.3, -0.25) is 9.88 Å². The van der Waals surface area contributed by atoms with E-state index in [0.29, 0.717) is 12.4 Å². The van der Waals surface area contributed by atoms with Gasteiger partial charge < -0.3 is 9.84 Å². The maximum absolute atomic E-state index is 10.5. The fourth-order valence-electron chi connectivity index (χ4n) is 3.31. The molecule has 0 atom stereocenters. The lowest BCUT2D eigenvalue weighted by Crippen LogP contribution is -2.25. The molecule has 0 unspecified atom stereocenters. The van der Waals surface area contributed by atoms with Crippen LogP contribution in [0.1, 0.15) is 11.1 Å². The quantitative estimate of drug-likeness (QED) is 0.753. The SMILES string of the molecule is Oc1cc(-c2cccnc2)cc2c1OCCN(CC=Cc1ccccc1)C2. The molecule has 0 bridgehead atoms. The van der Waals surface area contributed by atoms with Crippen LogP contribution in [-0.2, 0) is 6.54 Å². The van der Waals surface area contributed by atoms with Crippen LogP contribution >= 0.6 is 0 Å². The van der Waals surface area contributed by atoms with Crippen LogP contribution in [-0.4, -0.2) is 34.7 Å². The third-order valence-electron chi connectivity index (χ3n) is 4.66. The molecule has 27 heavy (non-hydrogen) atoms. The molecule has 4 rings (SSSR count). The summed E-state index contributed by atoms with van der Waals surface area (Å²) in [7, 11) is 0. The Morgan fingerprint density at radius 3 is 2.78 bits per heavy atom. The van der Waals surface area contributed by atoms with E-state index in [2.05, 4.69) is 40.2 Å². The van der Waals surface area contributed by atoms with E-state index in [1.54, 1.807) is 18.5 Å². The number of benzene rings is 2. The van der Waals surface area contributed by atoms with Gasteiger partial charge in [-0.05, 0) is 29.3 Å². The van der Waals surface area contributed by atoms with Gasteiger partial charge in [-0.15, -0.1) is 0 Å². The number of aromatic nitrogens is 1. The third kappa shape index (κ3) is 4.18. The molecule has 0 aliphatic carbocycles. The molecule has 0 amide bonds. The van der Waals surface area contributed by atoms with Crippen LogP contribution in [0.2, 0.25) is 0 Å². The van der Waals surface area contributed by atoms with Crippen LogP contribution in [0.5, 0.6) is 11.5 Å². The molecule has 3 aromatic rings. The monoisotopic (exact) mass is 358 g/mol. The zero-order chi connectivity index (χ0) is 18.5. The number of rotatable bonds is 4. The highest BCUT2D eigenvalue weighted by Gasteiger charge is 2.19. The minimum Gasteiger partial charge on any atom is -0.504 e. The molecule has 1 aliphatic rings. The fraction of sp³-hybridized carbons (Fsp3) is 0.174. The maximum atomic E-state index is 10.5. The Kier molecular flexibility index (Phi) is 5.17. The van der Waals surface area contributed by atoms with Crippen molar-refractivity contribution in [1.82, 2.24) is 9.88 Å². The van der Waals surface area contributed by atoms with E-state index in [1.165, 1.54) is 5.56 Å². The molecule has 136 valence electrons. The number of nitrogens with zero attached hydrogens (tertiary/aromatic N) is 2. The van der Waals surface area contributed by atoms with Crippen LogP contribution < -0.4 is 4.74 Å². The van der Waals surface area contributed by atoms with E-state index in [1.807, 2.05) is 30.3 Å². The number of hydrogen-bond acceptors (Lipinski definition) is 4. The highest BCUT2D eigenvalue weighted by atomic mass is 16.5. The molecular formula is C23H22N2O2.